The molecule has 0 atom stereocenters. The summed E-state index contributed by atoms with van der Waals surface area (Å²) in [4.78, 5) is 5.43. The number of anilines is 6. The van der Waals surface area contributed by atoms with Crippen molar-refractivity contribution in [2.75, 3.05) is 9.80 Å². The van der Waals surface area contributed by atoms with Crippen molar-refractivity contribution in [2.45, 2.75) is 78.6 Å². The van der Waals surface area contributed by atoms with Crippen molar-refractivity contribution in [1.82, 2.24) is 4.57 Å². The van der Waals surface area contributed by atoms with Crippen molar-refractivity contribution < 1.29 is 4.42 Å². The fourth-order valence-corrected chi connectivity index (χ4v) is 18.0. The lowest BCUT2D eigenvalue weighted by atomic mass is 9.33. The zero-order valence-corrected chi connectivity index (χ0v) is 65.4. The third-order valence-electron chi connectivity index (χ3n) is 23.9. The number of para-hydroxylation sites is 3. The van der Waals surface area contributed by atoms with Crippen molar-refractivity contribution in [1.29, 1.82) is 0 Å². The zero-order chi connectivity index (χ0) is 76.6. The van der Waals surface area contributed by atoms with Crippen LogP contribution >= 0.6 is 0 Å². The molecular formula is C108H86BN3O. The van der Waals surface area contributed by atoms with E-state index >= 15 is 0 Å². The van der Waals surface area contributed by atoms with Crippen LogP contribution in [-0.2, 0) is 16.2 Å². The fourth-order valence-electron chi connectivity index (χ4n) is 18.0. The van der Waals surface area contributed by atoms with Crippen molar-refractivity contribution >= 4 is 101 Å². The molecule has 0 N–H and O–H groups in total. The second-order valence-electron chi connectivity index (χ2n) is 34.0. The summed E-state index contributed by atoms with van der Waals surface area (Å²) in [5, 5.41) is 4.62. The van der Waals surface area contributed by atoms with E-state index in [1.165, 1.54) is 43.9 Å². The molecule has 0 unspecified atom stereocenters. The molecule has 0 fully saturated rings. The quantitative estimate of drug-likeness (QED) is 0.121. The van der Waals surface area contributed by atoms with Crippen LogP contribution in [0.1, 0.15) is 79.0 Å². The van der Waals surface area contributed by atoms with Crippen LogP contribution in [0, 0.1) is 0 Å². The van der Waals surface area contributed by atoms with E-state index < -0.39 is 0 Å². The first-order valence-electron chi connectivity index (χ1n) is 39.8. The van der Waals surface area contributed by atoms with Crippen molar-refractivity contribution in [3.05, 3.63) is 375 Å². The van der Waals surface area contributed by atoms with E-state index in [-0.39, 0.29) is 23.0 Å². The number of benzene rings is 16. The van der Waals surface area contributed by atoms with E-state index in [9.17, 15) is 0 Å². The summed E-state index contributed by atoms with van der Waals surface area (Å²) in [7, 11) is 0. The number of hydrogen-bond donors (Lipinski definition) is 0. The molecule has 4 nitrogen and oxygen atoms in total. The summed E-state index contributed by atoms with van der Waals surface area (Å²) in [5.41, 5.74) is 37.0. The molecule has 0 radical (unpaired) electrons. The molecule has 0 amide bonds. The van der Waals surface area contributed by atoms with Crippen LogP contribution < -0.4 is 26.2 Å². The molecule has 2 aliphatic rings. The van der Waals surface area contributed by atoms with Gasteiger partial charge in [-0.1, -0.05) is 335 Å². The second kappa shape index (κ2) is 26.8. The van der Waals surface area contributed by atoms with E-state index in [1.807, 2.05) is 0 Å². The normalized spacial score (nSPS) is 12.8. The molecule has 0 saturated carbocycles. The van der Waals surface area contributed by atoms with Crippen LogP contribution in [0.3, 0.4) is 0 Å². The Hall–Kier alpha value is -13.2. The number of furan rings is 1. The summed E-state index contributed by atoms with van der Waals surface area (Å²) < 4.78 is 9.08. The molecule has 5 heteroatoms. The molecule has 18 aromatic rings. The summed E-state index contributed by atoms with van der Waals surface area (Å²) in [6.07, 6.45) is 0. The molecule has 16 aromatic carbocycles. The molecule has 4 heterocycles. The summed E-state index contributed by atoms with van der Waals surface area (Å²) in [5.74, 6) is 0. The maximum atomic E-state index is 6.58. The van der Waals surface area contributed by atoms with Gasteiger partial charge < -0.3 is 18.8 Å². The first-order valence-corrected chi connectivity index (χ1v) is 39.8. The van der Waals surface area contributed by atoms with Gasteiger partial charge in [0.1, 0.15) is 11.2 Å². The smallest absolute Gasteiger partial charge is 0.252 e. The largest absolute Gasteiger partial charge is 0.456 e. The molecule has 0 bridgehead atoms. The lowest BCUT2D eigenvalue weighted by Crippen LogP contribution is -2.61. The maximum absolute atomic E-state index is 6.58. The van der Waals surface area contributed by atoms with Gasteiger partial charge in [0.25, 0.3) is 6.71 Å². The van der Waals surface area contributed by atoms with Gasteiger partial charge in [0.15, 0.2) is 0 Å². The van der Waals surface area contributed by atoms with Crippen LogP contribution in [0.15, 0.2) is 362 Å². The Morgan fingerprint density at radius 2 is 0.566 bits per heavy atom. The lowest BCUT2D eigenvalue weighted by Gasteiger charge is -2.46. The van der Waals surface area contributed by atoms with E-state index in [0.717, 1.165) is 162 Å². The Morgan fingerprint density at radius 1 is 0.239 bits per heavy atom. The highest BCUT2D eigenvalue weighted by Crippen LogP contribution is 2.56. The van der Waals surface area contributed by atoms with E-state index in [0.29, 0.717) is 0 Å². The number of aromatic nitrogens is 1. The number of nitrogens with zero attached hydrogens (tertiary/aromatic N) is 3. The molecule has 2 aromatic heterocycles. The average molecular weight is 1450 g/mol. The van der Waals surface area contributed by atoms with Gasteiger partial charge in [0.2, 0.25) is 0 Å². The molecule has 20 rings (SSSR count). The molecule has 542 valence electrons. The second-order valence-corrected chi connectivity index (χ2v) is 34.0. The minimum absolute atomic E-state index is 0.0229. The molecule has 0 spiro atoms. The van der Waals surface area contributed by atoms with Gasteiger partial charge in [-0.3, -0.25) is 0 Å². The van der Waals surface area contributed by atoms with Crippen molar-refractivity contribution in [3.63, 3.8) is 0 Å². The van der Waals surface area contributed by atoms with E-state index in [4.69, 9.17) is 4.42 Å². The highest BCUT2D eigenvalue weighted by Gasteiger charge is 2.46. The number of rotatable bonds is 11. The van der Waals surface area contributed by atoms with Crippen LogP contribution in [0.2, 0.25) is 0 Å². The highest BCUT2D eigenvalue weighted by atomic mass is 16.3. The van der Waals surface area contributed by atoms with E-state index in [1.54, 1.807) is 0 Å². The molecule has 0 saturated heterocycles. The summed E-state index contributed by atoms with van der Waals surface area (Å²) >= 11 is 0. The molecule has 0 aliphatic carbocycles. The number of fused-ring (bicyclic) bond motifs is 10. The lowest BCUT2D eigenvalue weighted by molar-refractivity contribution is 0.590. The summed E-state index contributed by atoms with van der Waals surface area (Å²) in [6, 6.07) is 136. The standard InChI is InChI=1S/C108H86BN3O/c1-106(2,3)81-50-42-69(43-51-81)78-61-88(72-28-14-10-15-29-72)104(89(62-78)73-30-16-11-17-31-73)111-97-65-77(76-49-59-102-92(60-76)87-38-24-27-41-101(87)113-102)48-57-93(97)109-94-58-56-84(110-95-39-25-22-36-85(95)86-37-23-26-40-96(86)110)68-98(94)112(100-67-80(66-99(111)103(100)109)71-46-54-83(55-47-71)108(7,8)9)105-90(74-32-18-12-19-33-74)63-79(64-91(105)75-34-20-13-21-35-75)70-44-52-82(53-45-70)107(4,5)6/h10-68H,1-9H3. The predicted octanol–water partition coefficient (Wildman–Crippen LogP) is 28.0. The van der Waals surface area contributed by atoms with Crippen LogP contribution in [0.25, 0.3) is 138 Å². The molecule has 113 heavy (non-hydrogen) atoms. The Bertz CT molecular complexity index is 6580. The van der Waals surface area contributed by atoms with Crippen molar-refractivity contribution in [2.24, 2.45) is 0 Å². The van der Waals surface area contributed by atoms with Crippen molar-refractivity contribution in [3.8, 4) is 94.7 Å². The Balaban J connectivity index is 0.961. The van der Waals surface area contributed by atoms with Gasteiger partial charge >= 0.3 is 0 Å². The maximum Gasteiger partial charge on any atom is 0.252 e. The minimum Gasteiger partial charge on any atom is -0.456 e. The van der Waals surface area contributed by atoms with E-state index in [2.05, 4.69) is 435 Å². The minimum atomic E-state index is -0.293. The third-order valence-corrected chi connectivity index (χ3v) is 23.9. The monoisotopic (exact) mass is 1450 g/mol. The zero-order valence-electron chi connectivity index (χ0n) is 65.4. The van der Waals surface area contributed by atoms with Crippen LogP contribution in [0.5, 0.6) is 0 Å². The van der Waals surface area contributed by atoms with Crippen LogP contribution in [0.4, 0.5) is 34.1 Å². The Kier molecular flexibility index (Phi) is 16.4. The van der Waals surface area contributed by atoms with Gasteiger partial charge in [-0.15, -0.1) is 0 Å². The van der Waals surface area contributed by atoms with Gasteiger partial charge in [-0.25, -0.2) is 0 Å². The topological polar surface area (TPSA) is 24.6 Å². The Labute approximate surface area is 663 Å². The van der Waals surface area contributed by atoms with Gasteiger partial charge in [0, 0.05) is 72.2 Å². The Morgan fingerprint density at radius 3 is 0.991 bits per heavy atom. The van der Waals surface area contributed by atoms with Crippen LogP contribution in [-0.4, -0.2) is 11.3 Å². The van der Waals surface area contributed by atoms with Gasteiger partial charge in [-0.2, -0.15) is 0 Å². The SMILES string of the molecule is CC(C)(C)c1ccc(-c2cc(-c3ccccc3)c(N3c4cc(-c5ccc6oc7ccccc7c6c5)ccc4B4c5ccc(-n6c7ccccc7c7ccccc76)cc5N(c5c(-c6ccccc6)cc(-c6ccc(C(C)(C)C)cc6)cc5-c5ccccc5)c5cc(-c6ccc(C(C)(C)C)cc6)cc3c54)c(-c3ccccc3)c2)cc1. The summed E-state index contributed by atoms with van der Waals surface area (Å²) in [6.45, 7) is 20.4. The fraction of sp³-hybridized carbons (Fsp3) is 0.111. The highest BCUT2D eigenvalue weighted by molar-refractivity contribution is 7.00. The average Bonchev–Trinajstić information content (AvgIpc) is 0.822. The third kappa shape index (κ3) is 11.9. The predicted molar refractivity (Wildman–Crippen MR) is 482 cm³/mol. The molecule has 2 aliphatic heterocycles. The first-order chi connectivity index (χ1) is 54.9. The van der Waals surface area contributed by atoms with Gasteiger partial charge in [-0.05, 0) is 201 Å². The number of hydrogen-bond acceptors (Lipinski definition) is 3. The first kappa shape index (κ1) is 69.0. The molecular weight excluding hydrogens is 1370 g/mol. The van der Waals surface area contributed by atoms with Gasteiger partial charge in [0.05, 0.1) is 22.4 Å².